The highest BCUT2D eigenvalue weighted by Crippen LogP contribution is 2.39. The number of nitrogens with one attached hydrogen (secondary N) is 1. The number of aryl methyl sites for hydroxylation is 1. The van der Waals surface area contributed by atoms with Gasteiger partial charge in [-0.1, -0.05) is 75.4 Å². The smallest absolute Gasteiger partial charge is 0.339 e. The van der Waals surface area contributed by atoms with Gasteiger partial charge in [-0.3, -0.25) is 15.1 Å². The molecule has 3 aromatic carbocycles. The van der Waals surface area contributed by atoms with Crippen molar-refractivity contribution in [3.8, 4) is 11.3 Å². The maximum atomic E-state index is 13.5. The number of thiazole rings is 1. The highest BCUT2D eigenvalue weighted by atomic mass is 32.1. The zero-order chi connectivity index (χ0) is 27.9. The molecule has 1 aliphatic rings. The van der Waals surface area contributed by atoms with E-state index in [-0.39, 0.29) is 5.41 Å². The van der Waals surface area contributed by atoms with E-state index in [1.165, 1.54) is 11.3 Å². The van der Waals surface area contributed by atoms with Crippen LogP contribution in [-0.2, 0) is 22.4 Å². The summed E-state index contributed by atoms with van der Waals surface area (Å²) in [6.07, 6.45) is 2.63. The van der Waals surface area contributed by atoms with E-state index in [4.69, 9.17) is 9.72 Å². The summed E-state index contributed by atoms with van der Waals surface area (Å²) in [7, 11) is 0. The Labute approximate surface area is 237 Å². The average Bonchev–Trinajstić information content (AvgIpc) is 3.42. The van der Waals surface area contributed by atoms with Crippen LogP contribution < -0.4 is 5.32 Å². The van der Waals surface area contributed by atoms with Gasteiger partial charge in [0.15, 0.2) is 11.7 Å². The largest absolute Gasteiger partial charge is 0.452 e. The molecule has 5 aromatic rings. The van der Waals surface area contributed by atoms with Gasteiger partial charge in [-0.25, -0.2) is 9.78 Å². The Hall–Kier alpha value is -4.10. The SMILES string of the molecule is CC(C)(C)C1CCc2nc3ccccc3c(C(=O)OCC(=O)Nc3nc(-c4ccc5ccccc5c4)cs3)c2C1. The fourth-order valence-electron chi connectivity index (χ4n) is 5.53. The van der Waals surface area contributed by atoms with Crippen LogP contribution in [0, 0.1) is 11.3 Å². The molecule has 0 bridgehead atoms. The molecule has 0 radical (unpaired) electrons. The summed E-state index contributed by atoms with van der Waals surface area (Å²) in [6.45, 7) is 6.33. The second-order valence-electron chi connectivity index (χ2n) is 11.5. The number of benzene rings is 3. The molecule has 40 heavy (non-hydrogen) atoms. The zero-order valence-corrected chi connectivity index (χ0v) is 23.7. The molecule has 1 amide bonds. The quantitative estimate of drug-likeness (QED) is 0.230. The fraction of sp³-hybridized carbons (Fsp3) is 0.273. The summed E-state index contributed by atoms with van der Waals surface area (Å²) < 4.78 is 5.59. The van der Waals surface area contributed by atoms with E-state index < -0.39 is 18.5 Å². The molecule has 1 aliphatic carbocycles. The van der Waals surface area contributed by atoms with Crippen molar-refractivity contribution in [2.45, 2.75) is 40.0 Å². The van der Waals surface area contributed by atoms with E-state index in [1.54, 1.807) is 0 Å². The Morgan fingerprint density at radius 3 is 2.60 bits per heavy atom. The van der Waals surface area contributed by atoms with Gasteiger partial charge in [0.1, 0.15) is 0 Å². The third kappa shape index (κ3) is 5.21. The van der Waals surface area contributed by atoms with Gasteiger partial charge < -0.3 is 4.74 Å². The fourth-order valence-corrected chi connectivity index (χ4v) is 6.27. The highest BCUT2D eigenvalue weighted by molar-refractivity contribution is 7.14. The number of fused-ring (bicyclic) bond motifs is 3. The minimum absolute atomic E-state index is 0.115. The second kappa shape index (κ2) is 10.5. The first-order valence-corrected chi connectivity index (χ1v) is 14.5. The monoisotopic (exact) mass is 549 g/mol. The van der Waals surface area contributed by atoms with Gasteiger partial charge >= 0.3 is 5.97 Å². The van der Waals surface area contributed by atoms with Crippen molar-refractivity contribution >= 4 is 50.0 Å². The van der Waals surface area contributed by atoms with E-state index >= 15 is 0 Å². The molecule has 202 valence electrons. The highest BCUT2D eigenvalue weighted by Gasteiger charge is 2.33. The predicted octanol–water partition coefficient (Wildman–Crippen LogP) is 7.46. The standard InChI is InChI=1S/C33H31N3O3S/c1-33(2,3)23-14-15-27-25(17-23)30(24-10-6-7-11-26(24)34-27)31(38)39-18-29(37)36-32-35-28(19-40-32)22-13-12-20-8-4-5-9-21(20)16-22/h4-13,16,19,23H,14-15,17-18H2,1-3H3,(H,35,36,37). The van der Waals surface area contributed by atoms with Gasteiger partial charge in [-0.2, -0.15) is 0 Å². The van der Waals surface area contributed by atoms with Crippen LogP contribution >= 0.6 is 11.3 Å². The number of para-hydroxylation sites is 1. The molecule has 2 heterocycles. The molecular formula is C33H31N3O3S. The Bertz CT molecular complexity index is 1750. The van der Waals surface area contributed by atoms with Gasteiger partial charge in [-0.05, 0) is 59.1 Å². The van der Waals surface area contributed by atoms with Crippen LogP contribution in [0.1, 0.15) is 48.8 Å². The molecule has 0 saturated heterocycles. The predicted molar refractivity (Wildman–Crippen MR) is 161 cm³/mol. The summed E-state index contributed by atoms with van der Waals surface area (Å²) in [5.74, 6) is -0.484. The molecule has 1 N–H and O–H groups in total. The van der Waals surface area contributed by atoms with Crippen molar-refractivity contribution < 1.29 is 14.3 Å². The number of carbonyl (C=O) groups is 2. The molecule has 0 saturated carbocycles. The number of ether oxygens (including phenoxy) is 1. The number of hydrogen-bond donors (Lipinski definition) is 1. The number of hydrogen-bond acceptors (Lipinski definition) is 6. The van der Waals surface area contributed by atoms with E-state index in [1.807, 2.05) is 47.8 Å². The number of rotatable bonds is 5. The number of pyridine rings is 1. The molecule has 2 aromatic heterocycles. The summed E-state index contributed by atoms with van der Waals surface area (Å²) in [6, 6.07) is 22.0. The first-order valence-electron chi connectivity index (χ1n) is 13.6. The van der Waals surface area contributed by atoms with Crippen molar-refractivity contribution in [2.24, 2.45) is 11.3 Å². The minimum atomic E-state index is -0.490. The lowest BCUT2D eigenvalue weighted by atomic mass is 9.70. The lowest BCUT2D eigenvalue weighted by Crippen LogP contribution is -2.29. The van der Waals surface area contributed by atoms with Gasteiger partial charge in [0, 0.05) is 22.0 Å². The topological polar surface area (TPSA) is 81.2 Å². The van der Waals surface area contributed by atoms with Crippen LogP contribution in [0.15, 0.2) is 72.1 Å². The van der Waals surface area contributed by atoms with E-state index in [2.05, 4.69) is 55.3 Å². The van der Waals surface area contributed by atoms with Crippen molar-refractivity contribution in [2.75, 3.05) is 11.9 Å². The maximum Gasteiger partial charge on any atom is 0.339 e. The lowest BCUT2D eigenvalue weighted by molar-refractivity contribution is -0.119. The Morgan fingerprint density at radius 1 is 1.00 bits per heavy atom. The number of carbonyl (C=O) groups excluding carboxylic acids is 2. The molecule has 7 heteroatoms. The van der Waals surface area contributed by atoms with Crippen molar-refractivity contribution in [3.63, 3.8) is 0 Å². The molecule has 0 fully saturated rings. The molecule has 1 atom stereocenters. The number of amides is 1. The Balaban J connectivity index is 1.18. The molecule has 1 unspecified atom stereocenters. The molecular weight excluding hydrogens is 518 g/mol. The maximum absolute atomic E-state index is 13.5. The summed E-state index contributed by atoms with van der Waals surface area (Å²) in [5, 5.41) is 8.21. The van der Waals surface area contributed by atoms with Crippen molar-refractivity contribution in [3.05, 3.63) is 88.9 Å². The van der Waals surface area contributed by atoms with Crippen LogP contribution in [-0.4, -0.2) is 28.5 Å². The van der Waals surface area contributed by atoms with Crippen LogP contribution in [0.5, 0.6) is 0 Å². The third-order valence-corrected chi connectivity index (χ3v) is 8.58. The summed E-state index contributed by atoms with van der Waals surface area (Å²) in [5.41, 5.74) is 5.10. The first kappa shape index (κ1) is 26.1. The van der Waals surface area contributed by atoms with Crippen molar-refractivity contribution in [1.82, 2.24) is 9.97 Å². The first-order chi connectivity index (χ1) is 19.3. The van der Waals surface area contributed by atoms with Crippen LogP contribution in [0.25, 0.3) is 32.9 Å². The Kier molecular flexibility index (Phi) is 6.84. The van der Waals surface area contributed by atoms with Crippen LogP contribution in [0.2, 0.25) is 0 Å². The lowest BCUT2D eigenvalue weighted by Gasteiger charge is -2.35. The van der Waals surface area contributed by atoms with Gasteiger partial charge in [0.2, 0.25) is 0 Å². The number of aromatic nitrogens is 2. The number of anilines is 1. The normalized spacial score (nSPS) is 15.1. The third-order valence-electron chi connectivity index (χ3n) is 7.82. The molecule has 0 spiro atoms. The zero-order valence-electron chi connectivity index (χ0n) is 22.9. The van der Waals surface area contributed by atoms with Crippen LogP contribution in [0.4, 0.5) is 5.13 Å². The molecule has 6 rings (SSSR count). The summed E-state index contributed by atoms with van der Waals surface area (Å²) >= 11 is 1.34. The van der Waals surface area contributed by atoms with Gasteiger partial charge in [0.25, 0.3) is 5.91 Å². The molecule has 6 nitrogen and oxygen atoms in total. The van der Waals surface area contributed by atoms with Crippen LogP contribution in [0.3, 0.4) is 0 Å². The van der Waals surface area contributed by atoms with Gasteiger partial charge in [-0.15, -0.1) is 11.3 Å². The number of nitrogens with zero attached hydrogens (tertiary/aromatic N) is 2. The van der Waals surface area contributed by atoms with E-state index in [0.29, 0.717) is 16.6 Å². The second-order valence-corrected chi connectivity index (χ2v) is 12.3. The average molecular weight is 550 g/mol. The summed E-state index contributed by atoms with van der Waals surface area (Å²) in [4.78, 5) is 35.7. The van der Waals surface area contributed by atoms with E-state index in [9.17, 15) is 9.59 Å². The van der Waals surface area contributed by atoms with E-state index in [0.717, 1.165) is 63.5 Å². The van der Waals surface area contributed by atoms with Crippen molar-refractivity contribution in [1.29, 1.82) is 0 Å². The Morgan fingerprint density at radius 2 is 1.77 bits per heavy atom. The van der Waals surface area contributed by atoms with Gasteiger partial charge in [0.05, 0.1) is 16.8 Å². The number of esters is 1. The minimum Gasteiger partial charge on any atom is -0.452 e. The molecule has 0 aliphatic heterocycles.